The van der Waals surface area contributed by atoms with Crippen LogP contribution in [0.4, 0.5) is 0 Å². The highest BCUT2D eigenvalue weighted by Gasteiger charge is 2.27. The Kier molecular flexibility index (Phi) is 3.37. The van der Waals surface area contributed by atoms with Crippen LogP contribution in [0.15, 0.2) is 43.2 Å². The Balaban J connectivity index is 1.90. The van der Waals surface area contributed by atoms with E-state index in [1.54, 1.807) is 0 Å². The lowest BCUT2D eigenvalue weighted by Crippen LogP contribution is -2.16. The van der Waals surface area contributed by atoms with E-state index in [4.69, 9.17) is 14.2 Å². The predicted octanol–water partition coefficient (Wildman–Crippen LogP) is 2.26. The Labute approximate surface area is 89.3 Å². The van der Waals surface area contributed by atoms with Gasteiger partial charge in [0.05, 0.1) is 12.9 Å². The molecular weight excluding hydrogens is 192 g/mol. The summed E-state index contributed by atoms with van der Waals surface area (Å²) in [5.74, 6) is 0. The molecule has 1 aliphatic heterocycles. The van der Waals surface area contributed by atoms with E-state index in [0.29, 0.717) is 13.2 Å². The molecule has 1 heterocycles. The summed E-state index contributed by atoms with van der Waals surface area (Å²) in [6.07, 6.45) is 1.15. The average molecular weight is 206 g/mol. The summed E-state index contributed by atoms with van der Waals surface area (Å²) >= 11 is 0. The van der Waals surface area contributed by atoms with Crippen molar-refractivity contribution in [1.82, 2.24) is 0 Å². The van der Waals surface area contributed by atoms with E-state index < -0.39 is 0 Å². The zero-order chi connectivity index (χ0) is 10.5. The van der Waals surface area contributed by atoms with Crippen molar-refractivity contribution in [3.63, 3.8) is 0 Å². The van der Waals surface area contributed by atoms with Crippen molar-refractivity contribution in [2.24, 2.45) is 0 Å². The van der Waals surface area contributed by atoms with Gasteiger partial charge >= 0.3 is 0 Å². The van der Waals surface area contributed by atoms with Crippen LogP contribution in [0.1, 0.15) is 11.9 Å². The Morgan fingerprint density at radius 3 is 2.93 bits per heavy atom. The molecule has 80 valence electrons. The van der Waals surface area contributed by atoms with Crippen molar-refractivity contribution in [1.29, 1.82) is 0 Å². The maximum absolute atomic E-state index is 5.65. The van der Waals surface area contributed by atoms with Crippen molar-refractivity contribution in [2.75, 3.05) is 13.2 Å². The maximum atomic E-state index is 5.65. The van der Waals surface area contributed by atoms with Gasteiger partial charge in [-0.05, 0) is 0 Å². The fourth-order valence-corrected chi connectivity index (χ4v) is 1.50. The highest BCUT2D eigenvalue weighted by Crippen LogP contribution is 2.26. The normalized spacial score (nSPS) is 25.1. The smallest absolute Gasteiger partial charge is 0.184 e. The van der Waals surface area contributed by atoms with Gasteiger partial charge in [0, 0.05) is 5.56 Å². The van der Waals surface area contributed by atoms with Crippen molar-refractivity contribution in [3.05, 3.63) is 48.7 Å². The van der Waals surface area contributed by atoms with Gasteiger partial charge in [0.1, 0.15) is 12.7 Å². The second-order valence-electron chi connectivity index (χ2n) is 3.33. The standard InChI is InChI=1S/C12H14O3/c1-2-13-8-11-9-14-12(15-11)10-6-4-3-5-7-10/h2-7,11-12H,1,8-9H2. The van der Waals surface area contributed by atoms with E-state index in [9.17, 15) is 0 Å². The monoisotopic (exact) mass is 206 g/mol. The van der Waals surface area contributed by atoms with Crippen molar-refractivity contribution >= 4 is 0 Å². The minimum Gasteiger partial charge on any atom is -0.499 e. The van der Waals surface area contributed by atoms with Crippen LogP contribution in [0.3, 0.4) is 0 Å². The van der Waals surface area contributed by atoms with E-state index in [1.807, 2.05) is 30.3 Å². The van der Waals surface area contributed by atoms with Gasteiger partial charge in [0.25, 0.3) is 0 Å². The predicted molar refractivity (Wildman–Crippen MR) is 56.2 cm³/mol. The Bertz CT molecular complexity index is 310. The lowest BCUT2D eigenvalue weighted by Gasteiger charge is -2.11. The fraction of sp³-hybridized carbons (Fsp3) is 0.333. The summed E-state index contributed by atoms with van der Waals surface area (Å²) < 4.78 is 16.2. The molecule has 0 spiro atoms. The molecule has 1 aromatic carbocycles. The van der Waals surface area contributed by atoms with Gasteiger partial charge in [-0.15, -0.1) is 0 Å². The molecule has 2 atom stereocenters. The van der Waals surface area contributed by atoms with Gasteiger partial charge in [-0.3, -0.25) is 0 Å². The number of hydrogen-bond donors (Lipinski definition) is 0. The zero-order valence-electron chi connectivity index (χ0n) is 8.46. The average Bonchev–Trinajstić information content (AvgIpc) is 2.76. The molecule has 0 aliphatic carbocycles. The molecule has 0 aromatic heterocycles. The molecule has 1 aliphatic rings. The Hall–Kier alpha value is -1.32. The highest BCUT2D eigenvalue weighted by atomic mass is 16.7. The Morgan fingerprint density at radius 2 is 2.20 bits per heavy atom. The van der Waals surface area contributed by atoms with Gasteiger partial charge in [-0.1, -0.05) is 36.9 Å². The quantitative estimate of drug-likeness (QED) is 0.707. The molecule has 1 aromatic rings. The van der Waals surface area contributed by atoms with Gasteiger partial charge in [-0.2, -0.15) is 0 Å². The minimum atomic E-state index is -0.260. The third kappa shape index (κ3) is 2.58. The van der Waals surface area contributed by atoms with Gasteiger partial charge < -0.3 is 14.2 Å². The van der Waals surface area contributed by atoms with Crippen LogP contribution >= 0.6 is 0 Å². The van der Waals surface area contributed by atoms with Gasteiger partial charge in [0.15, 0.2) is 6.29 Å². The fourth-order valence-electron chi connectivity index (χ4n) is 1.50. The first-order valence-corrected chi connectivity index (χ1v) is 4.94. The molecule has 0 N–H and O–H groups in total. The minimum absolute atomic E-state index is 0.00629. The molecule has 0 radical (unpaired) electrons. The zero-order valence-corrected chi connectivity index (χ0v) is 8.46. The van der Waals surface area contributed by atoms with Crippen LogP contribution in [-0.4, -0.2) is 19.3 Å². The molecule has 0 bridgehead atoms. The van der Waals surface area contributed by atoms with Crippen LogP contribution in [0.2, 0.25) is 0 Å². The summed E-state index contributed by atoms with van der Waals surface area (Å²) in [4.78, 5) is 0. The van der Waals surface area contributed by atoms with Crippen molar-refractivity contribution < 1.29 is 14.2 Å². The largest absolute Gasteiger partial charge is 0.499 e. The molecule has 1 saturated heterocycles. The van der Waals surface area contributed by atoms with E-state index in [0.717, 1.165) is 5.56 Å². The summed E-state index contributed by atoms with van der Waals surface area (Å²) in [5.41, 5.74) is 1.04. The molecule has 0 amide bonds. The van der Waals surface area contributed by atoms with Crippen LogP contribution in [0.5, 0.6) is 0 Å². The molecule has 0 saturated carbocycles. The first-order valence-electron chi connectivity index (χ1n) is 4.94. The van der Waals surface area contributed by atoms with E-state index >= 15 is 0 Å². The number of rotatable bonds is 4. The lowest BCUT2D eigenvalue weighted by molar-refractivity contribution is -0.0683. The summed E-state index contributed by atoms with van der Waals surface area (Å²) in [7, 11) is 0. The maximum Gasteiger partial charge on any atom is 0.184 e. The lowest BCUT2D eigenvalue weighted by atomic mass is 10.2. The van der Waals surface area contributed by atoms with Crippen LogP contribution in [0.25, 0.3) is 0 Å². The van der Waals surface area contributed by atoms with E-state index in [-0.39, 0.29) is 12.4 Å². The van der Waals surface area contributed by atoms with Gasteiger partial charge in [0.2, 0.25) is 0 Å². The molecule has 3 heteroatoms. The summed E-state index contributed by atoms with van der Waals surface area (Å²) in [6, 6.07) is 9.88. The first-order chi connectivity index (χ1) is 7.40. The van der Waals surface area contributed by atoms with Gasteiger partial charge in [-0.25, -0.2) is 0 Å². The second kappa shape index (κ2) is 4.96. The van der Waals surface area contributed by atoms with Crippen molar-refractivity contribution in [2.45, 2.75) is 12.4 Å². The summed E-state index contributed by atoms with van der Waals surface area (Å²) in [6.45, 7) is 4.54. The van der Waals surface area contributed by atoms with E-state index in [2.05, 4.69) is 6.58 Å². The van der Waals surface area contributed by atoms with Crippen molar-refractivity contribution in [3.8, 4) is 0 Å². The number of hydrogen-bond acceptors (Lipinski definition) is 3. The third-order valence-corrected chi connectivity index (χ3v) is 2.22. The Morgan fingerprint density at radius 1 is 1.40 bits per heavy atom. The molecule has 1 fully saturated rings. The number of benzene rings is 1. The third-order valence-electron chi connectivity index (χ3n) is 2.22. The number of ether oxygens (including phenoxy) is 3. The highest BCUT2D eigenvalue weighted by molar-refractivity contribution is 5.16. The molecule has 2 unspecified atom stereocenters. The molecule has 15 heavy (non-hydrogen) atoms. The summed E-state index contributed by atoms with van der Waals surface area (Å²) in [5, 5.41) is 0. The second-order valence-corrected chi connectivity index (χ2v) is 3.33. The molecule has 3 nitrogen and oxygen atoms in total. The first kappa shape index (κ1) is 10.2. The van der Waals surface area contributed by atoms with Crippen LogP contribution in [-0.2, 0) is 14.2 Å². The van der Waals surface area contributed by atoms with Crippen LogP contribution in [0, 0.1) is 0 Å². The van der Waals surface area contributed by atoms with E-state index in [1.165, 1.54) is 6.26 Å². The molecular formula is C12H14O3. The molecule has 2 rings (SSSR count). The topological polar surface area (TPSA) is 27.7 Å². The van der Waals surface area contributed by atoms with Crippen LogP contribution < -0.4 is 0 Å². The SMILES string of the molecule is C=COCC1COC(c2ccccc2)O1.